The van der Waals surface area contributed by atoms with E-state index in [0.717, 1.165) is 29.2 Å². The molecule has 3 aromatic rings. The Hall–Kier alpha value is -3.43. The summed E-state index contributed by atoms with van der Waals surface area (Å²) < 4.78 is 5.20. The molecule has 0 radical (unpaired) electrons. The zero-order valence-electron chi connectivity index (χ0n) is 19.4. The van der Waals surface area contributed by atoms with Gasteiger partial charge in [0.2, 0.25) is 5.95 Å². The summed E-state index contributed by atoms with van der Waals surface area (Å²) >= 11 is 6.05. The highest BCUT2D eigenvalue weighted by atomic mass is 35.5. The molecular weight excluding hydrogens is 456 g/mol. The number of hydrogen-bond acceptors (Lipinski definition) is 8. The van der Waals surface area contributed by atoms with Gasteiger partial charge in [0.15, 0.2) is 0 Å². The van der Waals surface area contributed by atoms with E-state index < -0.39 is 11.7 Å². The first-order valence-electron chi connectivity index (χ1n) is 10.9. The first kappa shape index (κ1) is 25.2. The standard InChI is InChI=1S/C24H29ClN6O3/c1-24(2,3)34-23(33)28-11-4-10-26-21-8-5-16(14-29-21)20-9-12-27-22(31-20)30-18-6-7-19(25)17(13-18)15-32/h5-9,12-14,32H,4,10-11,15H2,1-3H3,(H,26,29)(H,28,33)(H,27,30,31). The average Bonchev–Trinajstić information content (AvgIpc) is 2.79. The quantitative estimate of drug-likeness (QED) is 0.321. The number of alkyl carbamates (subject to hydrolysis) is 1. The number of benzene rings is 1. The molecule has 0 aliphatic heterocycles. The van der Waals surface area contributed by atoms with E-state index in [1.54, 1.807) is 36.7 Å². The van der Waals surface area contributed by atoms with Crippen molar-refractivity contribution in [2.24, 2.45) is 0 Å². The minimum Gasteiger partial charge on any atom is -0.444 e. The van der Waals surface area contributed by atoms with E-state index in [9.17, 15) is 9.90 Å². The molecule has 0 aliphatic carbocycles. The van der Waals surface area contributed by atoms with Gasteiger partial charge in [-0.25, -0.2) is 19.7 Å². The monoisotopic (exact) mass is 484 g/mol. The number of rotatable bonds is 9. The van der Waals surface area contributed by atoms with Crippen LogP contribution in [0.25, 0.3) is 11.3 Å². The first-order valence-corrected chi connectivity index (χ1v) is 11.3. The Labute approximate surface area is 204 Å². The number of carbonyl (C=O) groups is 1. The van der Waals surface area contributed by atoms with Crippen molar-refractivity contribution < 1.29 is 14.6 Å². The maximum absolute atomic E-state index is 11.6. The van der Waals surface area contributed by atoms with Crippen molar-refractivity contribution in [2.75, 3.05) is 23.7 Å². The minimum atomic E-state index is -0.506. The normalized spacial score (nSPS) is 11.1. The maximum atomic E-state index is 11.6. The van der Waals surface area contributed by atoms with Gasteiger partial charge in [-0.2, -0.15) is 0 Å². The number of hydrogen-bond donors (Lipinski definition) is 4. The van der Waals surface area contributed by atoms with E-state index in [1.807, 2.05) is 32.9 Å². The number of pyridine rings is 1. The molecule has 0 unspecified atom stereocenters. The van der Waals surface area contributed by atoms with Crippen LogP contribution in [0.4, 0.5) is 22.2 Å². The fourth-order valence-corrected chi connectivity index (χ4v) is 3.12. The summed E-state index contributed by atoms with van der Waals surface area (Å²) in [6.45, 7) is 6.49. The average molecular weight is 485 g/mol. The highest BCUT2D eigenvalue weighted by molar-refractivity contribution is 6.31. The predicted molar refractivity (Wildman–Crippen MR) is 133 cm³/mol. The molecule has 3 rings (SSSR count). The van der Waals surface area contributed by atoms with Crippen LogP contribution in [0.3, 0.4) is 0 Å². The molecule has 10 heteroatoms. The van der Waals surface area contributed by atoms with Gasteiger partial charge in [0.1, 0.15) is 11.4 Å². The molecule has 1 amide bonds. The highest BCUT2D eigenvalue weighted by Crippen LogP contribution is 2.24. The molecule has 180 valence electrons. The van der Waals surface area contributed by atoms with Crippen LogP contribution in [-0.2, 0) is 11.3 Å². The summed E-state index contributed by atoms with van der Waals surface area (Å²) in [5.41, 5.74) is 2.40. The fraction of sp³-hybridized carbons (Fsp3) is 0.333. The van der Waals surface area contributed by atoms with Crippen molar-refractivity contribution >= 4 is 35.1 Å². The van der Waals surface area contributed by atoms with Crippen molar-refractivity contribution in [3.63, 3.8) is 0 Å². The molecule has 2 heterocycles. The third-order valence-electron chi connectivity index (χ3n) is 4.51. The topological polar surface area (TPSA) is 121 Å². The molecule has 2 aromatic heterocycles. The van der Waals surface area contributed by atoms with Crippen LogP contribution < -0.4 is 16.0 Å². The van der Waals surface area contributed by atoms with Gasteiger partial charge in [0, 0.05) is 41.8 Å². The van der Waals surface area contributed by atoms with Crippen molar-refractivity contribution in [2.45, 2.75) is 39.4 Å². The number of nitrogens with zero attached hydrogens (tertiary/aromatic N) is 3. The summed E-state index contributed by atoms with van der Waals surface area (Å²) in [5, 5.41) is 19.0. The Balaban J connectivity index is 1.51. The number of anilines is 3. The smallest absolute Gasteiger partial charge is 0.407 e. The molecule has 0 bridgehead atoms. The Morgan fingerprint density at radius 1 is 1.12 bits per heavy atom. The number of ether oxygens (including phenoxy) is 1. The third-order valence-corrected chi connectivity index (χ3v) is 4.88. The van der Waals surface area contributed by atoms with Gasteiger partial charge in [-0.3, -0.25) is 0 Å². The third kappa shape index (κ3) is 7.86. The zero-order chi connectivity index (χ0) is 24.6. The van der Waals surface area contributed by atoms with Gasteiger partial charge in [-0.15, -0.1) is 0 Å². The van der Waals surface area contributed by atoms with E-state index in [-0.39, 0.29) is 6.61 Å². The summed E-state index contributed by atoms with van der Waals surface area (Å²) in [4.78, 5) is 24.9. The summed E-state index contributed by atoms with van der Waals surface area (Å²) in [7, 11) is 0. The summed E-state index contributed by atoms with van der Waals surface area (Å²) in [6, 6.07) is 10.9. The minimum absolute atomic E-state index is 0.151. The molecule has 0 aliphatic rings. The predicted octanol–water partition coefficient (Wildman–Crippen LogP) is 4.75. The van der Waals surface area contributed by atoms with Crippen molar-refractivity contribution in [3.05, 3.63) is 59.4 Å². The second-order valence-corrected chi connectivity index (χ2v) is 8.90. The highest BCUT2D eigenvalue weighted by Gasteiger charge is 2.15. The Morgan fingerprint density at radius 2 is 1.94 bits per heavy atom. The van der Waals surface area contributed by atoms with Crippen molar-refractivity contribution in [1.29, 1.82) is 0 Å². The lowest BCUT2D eigenvalue weighted by molar-refractivity contribution is 0.0528. The van der Waals surface area contributed by atoms with Crippen LogP contribution in [0, 0.1) is 0 Å². The first-order chi connectivity index (χ1) is 16.2. The van der Waals surface area contributed by atoms with Gasteiger partial charge in [-0.05, 0) is 69.2 Å². The lowest BCUT2D eigenvalue weighted by Gasteiger charge is -2.19. The van der Waals surface area contributed by atoms with Crippen molar-refractivity contribution in [1.82, 2.24) is 20.3 Å². The van der Waals surface area contributed by atoms with E-state index in [1.165, 1.54) is 0 Å². The molecule has 9 nitrogen and oxygen atoms in total. The number of amides is 1. The van der Waals surface area contributed by atoms with Crippen molar-refractivity contribution in [3.8, 4) is 11.3 Å². The van der Waals surface area contributed by atoms with Gasteiger partial charge >= 0.3 is 6.09 Å². The Morgan fingerprint density at radius 3 is 2.65 bits per heavy atom. The van der Waals surface area contributed by atoms with Crippen LogP contribution in [0.1, 0.15) is 32.8 Å². The summed E-state index contributed by atoms with van der Waals surface area (Å²) in [6.07, 6.45) is 3.71. The number of aromatic nitrogens is 3. The maximum Gasteiger partial charge on any atom is 0.407 e. The number of halogens is 1. The molecule has 4 N–H and O–H groups in total. The molecule has 34 heavy (non-hydrogen) atoms. The SMILES string of the molecule is CC(C)(C)OC(=O)NCCCNc1ccc(-c2ccnc(Nc3ccc(Cl)c(CO)c3)n2)cn1. The molecule has 0 saturated heterocycles. The molecule has 0 saturated carbocycles. The lowest BCUT2D eigenvalue weighted by Crippen LogP contribution is -2.33. The van der Waals surface area contributed by atoms with Gasteiger partial charge in [0.25, 0.3) is 0 Å². The van der Waals surface area contributed by atoms with E-state index in [4.69, 9.17) is 16.3 Å². The van der Waals surface area contributed by atoms with E-state index in [0.29, 0.717) is 29.6 Å². The van der Waals surface area contributed by atoms with Crippen LogP contribution in [-0.4, -0.2) is 44.8 Å². The molecule has 0 spiro atoms. The van der Waals surface area contributed by atoms with Gasteiger partial charge < -0.3 is 25.8 Å². The zero-order valence-corrected chi connectivity index (χ0v) is 20.2. The van der Waals surface area contributed by atoms with Crippen LogP contribution in [0.2, 0.25) is 5.02 Å². The van der Waals surface area contributed by atoms with Crippen LogP contribution in [0.15, 0.2) is 48.8 Å². The number of aliphatic hydroxyl groups is 1. The van der Waals surface area contributed by atoms with Crippen LogP contribution >= 0.6 is 11.6 Å². The second kappa shape index (κ2) is 11.6. The Bertz CT molecular complexity index is 1100. The number of carbonyl (C=O) groups excluding carboxylic acids is 1. The van der Waals surface area contributed by atoms with E-state index >= 15 is 0 Å². The fourth-order valence-electron chi connectivity index (χ4n) is 2.94. The Kier molecular flexibility index (Phi) is 8.61. The lowest BCUT2D eigenvalue weighted by atomic mass is 10.2. The largest absolute Gasteiger partial charge is 0.444 e. The van der Waals surface area contributed by atoms with Crippen LogP contribution in [0.5, 0.6) is 0 Å². The van der Waals surface area contributed by atoms with Gasteiger partial charge in [-0.1, -0.05) is 11.6 Å². The number of aliphatic hydroxyl groups excluding tert-OH is 1. The molecule has 0 fully saturated rings. The molecule has 1 aromatic carbocycles. The summed E-state index contributed by atoms with van der Waals surface area (Å²) in [5.74, 6) is 1.15. The van der Waals surface area contributed by atoms with E-state index in [2.05, 4.69) is 30.9 Å². The number of nitrogens with one attached hydrogen (secondary N) is 3. The molecule has 0 atom stereocenters. The second-order valence-electron chi connectivity index (χ2n) is 8.50. The van der Waals surface area contributed by atoms with Gasteiger partial charge in [0.05, 0.1) is 12.3 Å². The molecular formula is C24H29ClN6O3.